The van der Waals surface area contributed by atoms with Crippen LogP contribution >= 0.6 is 11.8 Å². The summed E-state index contributed by atoms with van der Waals surface area (Å²) in [5, 5.41) is 7.53. The first kappa shape index (κ1) is 13.8. The molecule has 6 heteroatoms. The van der Waals surface area contributed by atoms with Gasteiger partial charge in [0.05, 0.1) is 21.3 Å². The van der Waals surface area contributed by atoms with Gasteiger partial charge in [0.1, 0.15) is 5.65 Å². The molecular formula is C16H18N4OS. The van der Waals surface area contributed by atoms with E-state index in [1.165, 1.54) is 11.8 Å². The fraction of sp³-hybridized carbons (Fsp3) is 0.375. The molecule has 1 saturated heterocycles. The van der Waals surface area contributed by atoms with Gasteiger partial charge in [-0.2, -0.15) is 0 Å². The Kier molecular flexibility index (Phi) is 3.43. The van der Waals surface area contributed by atoms with Crippen molar-refractivity contribution >= 4 is 29.4 Å². The van der Waals surface area contributed by atoms with Crippen molar-refractivity contribution in [1.29, 1.82) is 0 Å². The molecule has 2 aromatic heterocycles. The number of aromatic nitrogens is 2. The molecule has 0 spiro atoms. The zero-order valence-corrected chi connectivity index (χ0v) is 13.2. The maximum atomic E-state index is 12.6. The lowest BCUT2D eigenvalue weighted by Crippen LogP contribution is -2.43. The number of hydrogen-bond acceptors (Lipinski definition) is 4. The van der Waals surface area contributed by atoms with Gasteiger partial charge < -0.3 is 10.6 Å². The van der Waals surface area contributed by atoms with Crippen LogP contribution in [0.15, 0.2) is 28.1 Å². The molecule has 0 unspecified atom stereocenters. The van der Waals surface area contributed by atoms with Crippen LogP contribution in [0.1, 0.15) is 24.2 Å². The normalized spacial score (nSPS) is 18.3. The summed E-state index contributed by atoms with van der Waals surface area (Å²) in [6.45, 7) is 3.94. The molecule has 1 amide bonds. The summed E-state index contributed by atoms with van der Waals surface area (Å²) < 4.78 is 2.11. The highest BCUT2D eigenvalue weighted by atomic mass is 32.2. The highest BCUT2D eigenvalue weighted by Gasteiger charge is 2.23. The summed E-state index contributed by atoms with van der Waals surface area (Å²) in [5.74, 6) is 0.0285. The Balaban J connectivity index is 1.63. The predicted molar refractivity (Wildman–Crippen MR) is 87.8 cm³/mol. The molecule has 2 aliphatic rings. The average molecular weight is 314 g/mol. The van der Waals surface area contributed by atoms with Crippen molar-refractivity contribution in [1.82, 2.24) is 20.0 Å². The summed E-state index contributed by atoms with van der Waals surface area (Å²) in [6, 6.07) is 6.29. The van der Waals surface area contributed by atoms with Crippen molar-refractivity contribution in [3.05, 3.63) is 34.5 Å². The Morgan fingerprint density at radius 1 is 1.41 bits per heavy atom. The molecule has 0 aromatic carbocycles. The predicted octanol–water partition coefficient (Wildman–Crippen LogP) is 1.96. The second-order valence-electron chi connectivity index (χ2n) is 5.75. The van der Waals surface area contributed by atoms with Gasteiger partial charge in [0.2, 0.25) is 0 Å². The van der Waals surface area contributed by atoms with E-state index in [4.69, 9.17) is 0 Å². The maximum Gasteiger partial charge on any atom is 0.258 e. The van der Waals surface area contributed by atoms with E-state index in [9.17, 15) is 4.79 Å². The van der Waals surface area contributed by atoms with Crippen molar-refractivity contribution in [3.63, 3.8) is 0 Å². The smallest absolute Gasteiger partial charge is 0.258 e. The van der Waals surface area contributed by atoms with Gasteiger partial charge in [-0.05, 0) is 51.1 Å². The van der Waals surface area contributed by atoms with Gasteiger partial charge in [-0.25, -0.2) is 4.98 Å². The molecule has 0 bridgehead atoms. The van der Waals surface area contributed by atoms with Crippen LogP contribution in [0.4, 0.5) is 0 Å². The van der Waals surface area contributed by atoms with Crippen LogP contribution in [0, 0.1) is 6.92 Å². The Morgan fingerprint density at radius 3 is 3.05 bits per heavy atom. The largest absolute Gasteiger partial charge is 0.349 e. The number of carbonyl (C=O) groups is 1. The Labute approximate surface area is 133 Å². The third kappa shape index (κ3) is 2.32. The topological polar surface area (TPSA) is 58.4 Å². The van der Waals surface area contributed by atoms with Crippen molar-refractivity contribution in [2.75, 3.05) is 13.1 Å². The second kappa shape index (κ2) is 5.44. The summed E-state index contributed by atoms with van der Waals surface area (Å²) in [6.07, 6.45) is 3.95. The molecule has 2 aromatic rings. The lowest BCUT2D eigenvalue weighted by Gasteiger charge is -2.24. The maximum absolute atomic E-state index is 12.6. The van der Waals surface area contributed by atoms with Gasteiger partial charge in [0, 0.05) is 6.04 Å². The van der Waals surface area contributed by atoms with E-state index in [0.29, 0.717) is 0 Å². The van der Waals surface area contributed by atoms with Crippen LogP contribution in [-0.4, -0.2) is 34.4 Å². The van der Waals surface area contributed by atoms with Crippen LogP contribution in [0.5, 0.6) is 0 Å². The van der Waals surface area contributed by atoms with Crippen molar-refractivity contribution in [3.8, 4) is 0 Å². The Morgan fingerprint density at radius 2 is 2.23 bits per heavy atom. The van der Waals surface area contributed by atoms with Gasteiger partial charge in [-0.1, -0.05) is 17.8 Å². The van der Waals surface area contributed by atoms with Crippen molar-refractivity contribution in [2.45, 2.75) is 30.8 Å². The molecule has 0 saturated carbocycles. The molecular weight excluding hydrogens is 296 g/mol. The number of aryl methyl sites for hydroxylation is 1. The van der Waals surface area contributed by atoms with Gasteiger partial charge in [0.25, 0.3) is 5.91 Å². The summed E-state index contributed by atoms with van der Waals surface area (Å²) >= 11 is 1.52. The van der Waals surface area contributed by atoms with E-state index >= 15 is 0 Å². The molecule has 4 heterocycles. The number of amides is 1. The Hall–Kier alpha value is -1.79. The fourth-order valence-electron chi connectivity index (χ4n) is 3.05. The van der Waals surface area contributed by atoms with E-state index in [1.807, 2.05) is 31.2 Å². The number of hydrogen-bond donors (Lipinski definition) is 2. The summed E-state index contributed by atoms with van der Waals surface area (Å²) in [5.41, 5.74) is 2.91. The van der Waals surface area contributed by atoms with Gasteiger partial charge in [0.15, 0.2) is 0 Å². The van der Waals surface area contributed by atoms with Crippen LogP contribution in [-0.2, 0) is 4.79 Å². The lowest BCUT2D eigenvalue weighted by atomic mass is 10.1. The summed E-state index contributed by atoms with van der Waals surface area (Å²) in [7, 11) is 0. The van der Waals surface area contributed by atoms with Crippen LogP contribution < -0.4 is 10.6 Å². The Bertz CT molecular complexity index is 774. The molecule has 0 aliphatic carbocycles. The molecule has 0 radical (unpaired) electrons. The number of piperidine rings is 1. The van der Waals surface area contributed by atoms with Crippen molar-refractivity contribution in [2.24, 2.45) is 0 Å². The average Bonchev–Trinajstić information content (AvgIpc) is 2.86. The van der Waals surface area contributed by atoms with E-state index in [1.54, 1.807) is 0 Å². The second-order valence-corrected chi connectivity index (χ2v) is 6.81. The molecule has 2 N–H and O–H groups in total. The first-order valence-electron chi connectivity index (χ1n) is 7.61. The third-order valence-corrected chi connectivity index (χ3v) is 5.26. The molecule has 5 nitrogen and oxygen atoms in total. The fourth-order valence-corrected chi connectivity index (χ4v) is 4.03. The number of rotatable bonds is 2. The van der Waals surface area contributed by atoms with Crippen LogP contribution in [0.25, 0.3) is 11.7 Å². The first-order chi connectivity index (χ1) is 10.7. The molecule has 0 atom stereocenters. The molecule has 114 valence electrons. The van der Waals surface area contributed by atoms with Crippen molar-refractivity contribution < 1.29 is 4.79 Å². The van der Waals surface area contributed by atoms with Gasteiger partial charge in [-0.15, -0.1) is 0 Å². The van der Waals surface area contributed by atoms with E-state index in [0.717, 1.165) is 52.9 Å². The molecule has 4 rings (SSSR count). The number of carbonyl (C=O) groups excluding carboxylic acids is 1. The number of pyridine rings is 1. The van der Waals surface area contributed by atoms with Gasteiger partial charge in [-0.3, -0.25) is 9.20 Å². The number of nitrogens with zero attached hydrogens (tertiary/aromatic N) is 2. The quantitative estimate of drug-likeness (QED) is 0.890. The first-order valence-corrected chi connectivity index (χ1v) is 8.43. The zero-order valence-electron chi connectivity index (χ0n) is 12.4. The summed E-state index contributed by atoms with van der Waals surface area (Å²) in [4.78, 5) is 17.9. The van der Waals surface area contributed by atoms with Crippen LogP contribution in [0.3, 0.4) is 0 Å². The minimum atomic E-state index is 0.0285. The minimum absolute atomic E-state index is 0.0285. The van der Waals surface area contributed by atoms with Gasteiger partial charge >= 0.3 is 0 Å². The lowest BCUT2D eigenvalue weighted by molar-refractivity contribution is -0.117. The van der Waals surface area contributed by atoms with E-state index in [-0.39, 0.29) is 11.9 Å². The van der Waals surface area contributed by atoms with E-state index < -0.39 is 0 Å². The number of thioether (sulfide) groups is 1. The standard InChI is InChI=1S/C16H18N4OS/c1-10-12-9-13(16(21)19-11-5-7-17-8-6-11)22-15-4-2-3-14(18-10)20(12)15/h2-4,9,11,17H,5-8H2,1H3,(H,19,21). The third-order valence-electron chi connectivity index (χ3n) is 4.21. The molecule has 2 aliphatic heterocycles. The highest BCUT2D eigenvalue weighted by molar-refractivity contribution is 8.04. The molecule has 22 heavy (non-hydrogen) atoms. The number of nitrogens with one attached hydrogen (secondary N) is 2. The zero-order chi connectivity index (χ0) is 15.1. The highest BCUT2D eigenvalue weighted by Crippen LogP contribution is 2.35. The van der Waals surface area contributed by atoms with E-state index in [2.05, 4.69) is 20.0 Å². The van der Waals surface area contributed by atoms with Crippen LogP contribution in [0.2, 0.25) is 0 Å². The SMILES string of the molecule is Cc1nc2cccc3n2c1C=C(C(=O)NC1CCNCC1)S3. The minimum Gasteiger partial charge on any atom is -0.349 e. The number of imidazole rings is 1. The monoisotopic (exact) mass is 314 g/mol. The molecule has 1 fully saturated rings.